The highest BCUT2D eigenvalue weighted by Crippen LogP contribution is 2.41. The lowest BCUT2D eigenvalue weighted by atomic mass is 9.96. The maximum atomic E-state index is 5.77. The Morgan fingerprint density at radius 2 is 1.94 bits per heavy atom. The van der Waals surface area contributed by atoms with Crippen LogP contribution in [0.2, 0.25) is 0 Å². The van der Waals surface area contributed by atoms with Crippen LogP contribution in [0.5, 0.6) is 0 Å². The van der Waals surface area contributed by atoms with Gasteiger partial charge in [0.15, 0.2) is 5.11 Å². The van der Waals surface area contributed by atoms with Crippen molar-refractivity contribution < 1.29 is 4.74 Å². The smallest absolute Gasteiger partial charge is 0.170 e. The summed E-state index contributed by atoms with van der Waals surface area (Å²) in [6, 6.07) is 16.7. The minimum atomic E-state index is -0.00981. The molecule has 0 bridgehead atoms. The van der Waals surface area contributed by atoms with Gasteiger partial charge in [-0.2, -0.15) is 0 Å². The molecule has 3 aromatic rings. The molecule has 1 aromatic carbocycles. The zero-order chi connectivity index (χ0) is 22.0. The van der Waals surface area contributed by atoms with E-state index in [0.717, 1.165) is 33.9 Å². The molecule has 0 radical (unpaired) electrons. The Hall–Kier alpha value is -2.22. The van der Waals surface area contributed by atoms with Gasteiger partial charge in [0.05, 0.1) is 23.5 Å². The van der Waals surface area contributed by atoms with Gasteiger partial charge in [0.25, 0.3) is 0 Å². The lowest BCUT2D eigenvalue weighted by Gasteiger charge is -2.28. The number of para-hydroxylation sites is 1. The monoisotopic (exact) mass is 498 g/mol. The standard InChI is InChI=1S/C24H27BrN4OS/c1-16-15-18(17(2)29(16)21-11-5-4-9-19(21)25)23-22(20-10-6-7-12-26-20)27-24(31)28(23)13-8-14-30-3/h4-7,9-12,15,22-23H,8,13-14H2,1-3H3,(H,27,31)/t22-,23+/m1/s1. The average molecular weight is 499 g/mol. The van der Waals surface area contributed by atoms with E-state index >= 15 is 0 Å². The second-order valence-corrected chi connectivity index (χ2v) is 9.02. The number of nitrogens with zero attached hydrogens (tertiary/aromatic N) is 3. The van der Waals surface area contributed by atoms with E-state index in [0.29, 0.717) is 6.61 Å². The van der Waals surface area contributed by atoms with Crippen LogP contribution in [-0.4, -0.2) is 39.8 Å². The van der Waals surface area contributed by atoms with E-state index in [-0.39, 0.29) is 12.1 Å². The zero-order valence-corrected chi connectivity index (χ0v) is 20.4. The van der Waals surface area contributed by atoms with Crippen LogP contribution < -0.4 is 5.32 Å². The number of benzene rings is 1. The molecule has 0 unspecified atom stereocenters. The molecule has 5 nitrogen and oxygen atoms in total. The highest BCUT2D eigenvalue weighted by molar-refractivity contribution is 9.10. The molecule has 0 aliphatic carbocycles. The van der Waals surface area contributed by atoms with Gasteiger partial charge < -0.3 is 19.5 Å². The van der Waals surface area contributed by atoms with Gasteiger partial charge in [-0.1, -0.05) is 18.2 Å². The number of aryl methyl sites for hydroxylation is 1. The Kier molecular flexibility index (Phi) is 6.74. The highest BCUT2D eigenvalue weighted by atomic mass is 79.9. The highest BCUT2D eigenvalue weighted by Gasteiger charge is 2.41. The predicted molar refractivity (Wildman–Crippen MR) is 132 cm³/mol. The molecular formula is C24H27BrN4OS. The number of nitrogens with one attached hydrogen (secondary N) is 1. The van der Waals surface area contributed by atoms with Crippen molar-refractivity contribution in [1.82, 2.24) is 19.8 Å². The number of ether oxygens (including phenoxy) is 1. The first-order valence-electron chi connectivity index (χ1n) is 10.4. The number of thiocarbonyl (C=S) groups is 1. The van der Waals surface area contributed by atoms with E-state index < -0.39 is 0 Å². The normalized spacial score (nSPS) is 18.5. The van der Waals surface area contributed by atoms with E-state index in [2.05, 4.69) is 79.9 Å². The summed E-state index contributed by atoms with van der Waals surface area (Å²) in [4.78, 5) is 6.94. The van der Waals surface area contributed by atoms with Crippen LogP contribution >= 0.6 is 28.1 Å². The summed E-state index contributed by atoms with van der Waals surface area (Å²) in [5.74, 6) is 0. The topological polar surface area (TPSA) is 42.3 Å². The zero-order valence-electron chi connectivity index (χ0n) is 18.0. The van der Waals surface area contributed by atoms with E-state index in [9.17, 15) is 0 Å². The van der Waals surface area contributed by atoms with Gasteiger partial charge in [-0.15, -0.1) is 0 Å². The van der Waals surface area contributed by atoms with Crippen molar-refractivity contribution in [2.24, 2.45) is 0 Å². The molecule has 1 fully saturated rings. The molecule has 4 rings (SSSR count). The maximum Gasteiger partial charge on any atom is 0.170 e. The maximum absolute atomic E-state index is 5.77. The van der Waals surface area contributed by atoms with Crippen LogP contribution in [0.15, 0.2) is 59.2 Å². The van der Waals surface area contributed by atoms with Crippen LogP contribution in [0, 0.1) is 13.8 Å². The summed E-state index contributed by atoms with van der Waals surface area (Å²) in [5, 5.41) is 4.30. The lowest BCUT2D eigenvalue weighted by Crippen LogP contribution is -2.31. The first kappa shape index (κ1) is 22.0. The molecular weight excluding hydrogens is 472 g/mol. The number of hydrogen-bond acceptors (Lipinski definition) is 3. The van der Waals surface area contributed by atoms with Gasteiger partial charge in [-0.25, -0.2) is 0 Å². The first-order valence-corrected chi connectivity index (χ1v) is 11.6. The van der Waals surface area contributed by atoms with Crippen molar-refractivity contribution in [3.05, 3.63) is 81.8 Å². The second kappa shape index (κ2) is 9.51. The molecule has 3 heterocycles. The summed E-state index contributed by atoms with van der Waals surface area (Å²) in [5.41, 5.74) is 5.79. The summed E-state index contributed by atoms with van der Waals surface area (Å²) in [7, 11) is 1.74. The quantitative estimate of drug-likeness (QED) is 0.355. The van der Waals surface area contributed by atoms with Gasteiger partial charge >= 0.3 is 0 Å². The van der Waals surface area contributed by atoms with Gasteiger partial charge in [-0.05, 0) is 84.3 Å². The molecule has 162 valence electrons. The summed E-state index contributed by atoms with van der Waals surface area (Å²) >= 11 is 9.49. The molecule has 0 saturated carbocycles. The largest absolute Gasteiger partial charge is 0.385 e. The lowest BCUT2D eigenvalue weighted by molar-refractivity contribution is 0.180. The Labute approximate surface area is 197 Å². The van der Waals surface area contributed by atoms with Crippen LogP contribution in [0.4, 0.5) is 0 Å². The number of rotatable bonds is 7. The van der Waals surface area contributed by atoms with E-state index in [4.69, 9.17) is 17.0 Å². The van der Waals surface area contributed by atoms with Crippen molar-refractivity contribution in [3.8, 4) is 5.69 Å². The number of aromatic nitrogens is 2. The molecule has 0 amide bonds. The SMILES string of the molecule is COCCCN1C(=S)N[C@H](c2ccccn2)[C@@H]1c1cc(C)n(-c2ccccc2Br)c1C. The number of hydrogen-bond donors (Lipinski definition) is 1. The predicted octanol–water partition coefficient (Wildman–Crippen LogP) is 5.26. The van der Waals surface area contributed by atoms with Crippen molar-refractivity contribution in [2.75, 3.05) is 20.3 Å². The Morgan fingerprint density at radius 3 is 2.65 bits per heavy atom. The summed E-state index contributed by atoms with van der Waals surface area (Å²) in [6.07, 6.45) is 2.75. The molecule has 1 saturated heterocycles. The minimum Gasteiger partial charge on any atom is -0.385 e. The molecule has 2 aromatic heterocycles. The summed E-state index contributed by atoms with van der Waals surface area (Å²) < 4.78 is 8.68. The fourth-order valence-corrected chi connectivity index (χ4v) is 5.25. The molecule has 1 aliphatic rings. The van der Waals surface area contributed by atoms with Gasteiger partial charge in [-0.3, -0.25) is 4.98 Å². The fourth-order valence-electron chi connectivity index (χ4n) is 4.45. The third-order valence-electron chi connectivity index (χ3n) is 5.83. The van der Waals surface area contributed by atoms with Gasteiger partial charge in [0.2, 0.25) is 0 Å². The second-order valence-electron chi connectivity index (χ2n) is 7.78. The Bertz CT molecular complexity index is 1070. The van der Waals surface area contributed by atoms with Crippen LogP contribution in [-0.2, 0) is 4.74 Å². The number of halogens is 1. The molecule has 31 heavy (non-hydrogen) atoms. The average Bonchev–Trinajstić information content (AvgIpc) is 3.25. The van der Waals surface area contributed by atoms with Crippen LogP contribution in [0.25, 0.3) is 5.69 Å². The third-order valence-corrected chi connectivity index (χ3v) is 6.85. The number of pyridine rings is 1. The van der Waals surface area contributed by atoms with E-state index in [1.54, 1.807) is 7.11 Å². The van der Waals surface area contributed by atoms with Gasteiger partial charge in [0, 0.05) is 42.3 Å². The third kappa shape index (κ3) is 4.27. The van der Waals surface area contributed by atoms with E-state index in [1.165, 1.54) is 17.0 Å². The van der Waals surface area contributed by atoms with E-state index in [1.807, 2.05) is 24.4 Å². The Balaban J connectivity index is 1.80. The van der Waals surface area contributed by atoms with Crippen molar-refractivity contribution in [1.29, 1.82) is 0 Å². The first-order chi connectivity index (χ1) is 15.0. The molecule has 0 spiro atoms. The van der Waals surface area contributed by atoms with Crippen molar-refractivity contribution in [3.63, 3.8) is 0 Å². The van der Waals surface area contributed by atoms with Crippen molar-refractivity contribution >= 4 is 33.3 Å². The number of methoxy groups -OCH3 is 1. The van der Waals surface area contributed by atoms with Crippen molar-refractivity contribution in [2.45, 2.75) is 32.4 Å². The minimum absolute atomic E-state index is 0.00981. The molecule has 1 aliphatic heterocycles. The Morgan fingerprint density at radius 1 is 1.16 bits per heavy atom. The fraction of sp³-hybridized carbons (Fsp3) is 0.333. The van der Waals surface area contributed by atoms with Gasteiger partial charge in [0.1, 0.15) is 0 Å². The molecule has 7 heteroatoms. The molecule has 1 N–H and O–H groups in total. The summed E-state index contributed by atoms with van der Waals surface area (Å²) in [6.45, 7) is 5.87. The van der Waals surface area contributed by atoms with Crippen LogP contribution in [0.3, 0.4) is 0 Å². The van der Waals surface area contributed by atoms with Crippen LogP contribution in [0.1, 0.15) is 41.1 Å². The molecule has 2 atom stereocenters.